The highest BCUT2D eigenvalue weighted by Gasteiger charge is 2.30. The van der Waals surface area contributed by atoms with Crippen molar-refractivity contribution in [3.8, 4) is 0 Å². The summed E-state index contributed by atoms with van der Waals surface area (Å²) in [6, 6.07) is 0.181. The maximum absolute atomic E-state index is 12.6. The lowest BCUT2D eigenvalue weighted by Crippen LogP contribution is -2.49. The third-order valence-corrected chi connectivity index (χ3v) is 5.74. The molecule has 2 saturated heterocycles. The number of aliphatic hydroxyl groups excluding tert-OH is 1. The Labute approximate surface area is 144 Å². The molecule has 1 aliphatic carbocycles. The number of β-amino-alcohol motifs (C(OH)–C–C–N with tert-alkyl or cyclic N) is 1. The van der Waals surface area contributed by atoms with Gasteiger partial charge in [0, 0.05) is 38.1 Å². The Balaban J connectivity index is 1.37. The van der Waals surface area contributed by atoms with Crippen molar-refractivity contribution in [2.24, 2.45) is 5.92 Å². The van der Waals surface area contributed by atoms with E-state index in [1.165, 1.54) is 19.3 Å². The zero-order chi connectivity index (χ0) is 16.9. The summed E-state index contributed by atoms with van der Waals surface area (Å²) in [6.45, 7) is 3.30. The van der Waals surface area contributed by atoms with Crippen LogP contribution in [0.5, 0.6) is 0 Å². The summed E-state index contributed by atoms with van der Waals surface area (Å²) in [5.74, 6) is 0.623. The van der Waals surface area contributed by atoms with Gasteiger partial charge >= 0.3 is 0 Å². The van der Waals surface area contributed by atoms with Crippen LogP contribution in [0.1, 0.15) is 51.4 Å². The number of likely N-dealkylation sites (tertiary alicyclic amines) is 2. The molecule has 2 N–H and O–H groups in total. The number of amides is 2. The van der Waals surface area contributed by atoms with Crippen LogP contribution in [-0.2, 0) is 9.59 Å². The molecule has 3 fully saturated rings. The molecular weight excluding hydrogens is 306 g/mol. The summed E-state index contributed by atoms with van der Waals surface area (Å²) in [4.78, 5) is 28.7. The van der Waals surface area contributed by atoms with Gasteiger partial charge in [-0.25, -0.2) is 0 Å². The van der Waals surface area contributed by atoms with Crippen molar-refractivity contribution in [2.75, 3.05) is 32.7 Å². The summed E-state index contributed by atoms with van der Waals surface area (Å²) in [6.07, 6.45) is 7.93. The maximum atomic E-state index is 12.6. The van der Waals surface area contributed by atoms with Crippen LogP contribution >= 0.6 is 0 Å². The monoisotopic (exact) mass is 337 g/mol. The number of carbonyl (C=O) groups excluding carboxylic acids is 2. The van der Waals surface area contributed by atoms with Gasteiger partial charge in [0.25, 0.3) is 0 Å². The highest BCUT2D eigenvalue weighted by atomic mass is 16.3. The molecule has 1 saturated carbocycles. The van der Waals surface area contributed by atoms with Crippen LogP contribution in [0, 0.1) is 5.92 Å². The highest BCUT2D eigenvalue weighted by Crippen LogP contribution is 2.26. The summed E-state index contributed by atoms with van der Waals surface area (Å²) < 4.78 is 0. The molecule has 0 spiro atoms. The molecule has 3 aliphatic rings. The van der Waals surface area contributed by atoms with Gasteiger partial charge in [0.1, 0.15) is 0 Å². The van der Waals surface area contributed by atoms with Crippen molar-refractivity contribution >= 4 is 11.8 Å². The number of rotatable bonds is 4. The van der Waals surface area contributed by atoms with Gasteiger partial charge < -0.3 is 15.3 Å². The Morgan fingerprint density at radius 3 is 2.29 bits per heavy atom. The molecule has 0 aromatic heterocycles. The van der Waals surface area contributed by atoms with E-state index in [0.717, 1.165) is 51.7 Å². The minimum Gasteiger partial charge on any atom is -0.392 e. The number of carbonyl (C=O) groups is 2. The standard InChI is InChI=1S/C18H31N3O3/c22-16-8-9-20(12-16)13-17(23)19-15-6-10-21(11-7-15)18(24)14-4-2-1-3-5-14/h14-16,22H,1-13H2,(H,19,23)/t16-/m0/s1. The SMILES string of the molecule is O=C(CN1CC[C@H](O)C1)NC1CCN(C(=O)C2CCCCC2)CC1. The van der Waals surface area contributed by atoms with E-state index in [4.69, 9.17) is 0 Å². The van der Waals surface area contributed by atoms with Gasteiger partial charge in [-0.3, -0.25) is 14.5 Å². The van der Waals surface area contributed by atoms with Crippen molar-refractivity contribution in [1.29, 1.82) is 0 Å². The van der Waals surface area contributed by atoms with Gasteiger partial charge in [-0.05, 0) is 32.1 Å². The van der Waals surface area contributed by atoms with Gasteiger partial charge in [-0.1, -0.05) is 19.3 Å². The number of piperidine rings is 1. The molecule has 0 aromatic carbocycles. The zero-order valence-electron chi connectivity index (χ0n) is 14.6. The molecule has 0 unspecified atom stereocenters. The van der Waals surface area contributed by atoms with Crippen molar-refractivity contribution < 1.29 is 14.7 Å². The second-order valence-electron chi connectivity index (χ2n) is 7.68. The first-order chi connectivity index (χ1) is 11.6. The molecule has 136 valence electrons. The minimum absolute atomic E-state index is 0.0427. The molecule has 0 bridgehead atoms. The molecule has 0 radical (unpaired) electrons. The molecule has 6 heteroatoms. The van der Waals surface area contributed by atoms with Crippen LogP contribution in [0.2, 0.25) is 0 Å². The Morgan fingerprint density at radius 2 is 1.67 bits per heavy atom. The number of nitrogens with one attached hydrogen (secondary N) is 1. The number of aliphatic hydroxyl groups is 1. The average molecular weight is 337 g/mol. The maximum Gasteiger partial charge on any atom is 0.234 e. The van der Waals surface area contributed by atoms with Gasteiger partial charge in [0.2, 0.25) is 11.8 Å². The molecular formula is C18H31N3O3. The van der Waals surface area contributed by atoms with E-state index in [1.807, 2.05) is 9.80 Å². The molecule has 2 amide bonds. The largest absolute Gasteiger partial charge is 0.392 e. The van der Waals surface area contributed by atoms with Crippen LogP contribution in [0.3, 0.4) is 0 Å². The second kappa shape index (κ2) is 8.30. The predicted molar refractivity (Wildman–Crippen MR) is 91.4 cm³/mol. The molecule has 24 heavy (non-hydrogen) atoms. The fourth-order valence-corrected chi connectivity index (χ4v) is 4.28. The van der Waals surface area contributed by atoms with Crippen molar-refractivity contribution in [3.05, 3.63) is 0 Å². The van der Waals surface area contributed by atoms with E-state index in [1.54, 1.807) is 0 Å². The predicted octanol–water partition coefficient (Wildman–Crippen LogP) is 0.741. The lowest BCUT2D eigenvalue weighted by atomic mass is 9.87. The number of nitrogens with zero attached hydrogens (tertiary/aromatic N) is 2. The fraction of sp³-hybridized carbons (Fsp3) is 0.889. The average Bonchev–Trinajstić information content (AvgIpc) is 3.00. The van der Waals surface area contributed by atoms with Crippen LogP contribution in [0.25, 0.3) is 0 Å². The van der Waals surface area contributed by atoms with E-state index in [-0.39, 0.29) is 24.0 Å². The lowest BCUT2D eigenvalue weighted by Gasteiger charge is -2.35. The first kappa shape index (κ1) is 17.7. The Kier molecular flexibility index (Phi) is 6.11. The topological polar surface area (TPSA) is 72.9 Å². The van der Waals surface area contributed by atoms with Crippen LogP contribution in [0.4, 0.5) is 0 Å². The van der Waals surface area contributed by atoms with Crippen molar-refractivity contribution in [3.63, 3.8) is 0 Å². The lowest BCUT2D eigenvalue weighted by molar-refractivity contribution is -0.137. The summed E-state index contributed by atoms with van der Waals surface area (Å²) in [5.41, 5.74) is 0. The van der Waals surface area contributed by atoms with E-state index in [0.29, 0.717) is 19.0 Å². The van der Waals surface area contributed by atoms with Crippen LogP contribution < -0.4 is 5.32 Å². The van der Waals surface area contributed by atoms with E-state index < -0.39 is 0 Å². The van der Waals surface area contributed by atoms with Crippen LogP contribution in [-0.4, -0.2) is 71.6 Å². The molecule has 0 aromatic rings. The van der Waals surface area contributed by atoms with E-state index >= 15 is 0 Å². The smallest absolute Gasteiger partial charge is 0.234 e. The summed E-state index contributed by atoms with van der Waals surface area (Å²) in [7, 11) is 0. The molecule has 2 aliphatic heterocycles. The minimum atomic E-state index is -0.285. The Hall–Kier alpha value is -1.14. The van der Waals surface area contributed by atoms with E-state index in [9.17, 15) is 14.7 Å². The second-order valence-corrected chi connectivity index (χ2v) is 7.68. The van der Waals surface area contributed by atoms with Crippen molar-refractivity contribution in [2.45, 2.75) is 63.5 Å². The first-order valence-corrected chi connectivity index (χ1v) is 9.60. The Bertz CT molecular complexity index is 443. The number of hydrogen-bond acceptors (Lipinski definition) is 4. The van der Waals surface area contributed by atoms with Gasteiger partial charge in [0.15, 0.2) is 0 Å². The molecule has 1 atom stereocenters. The highest BCUT2D eigenvalue weighted by molar-refractivity contribution is 5.79. The van der Waals surface area contributed by atoms with Crippen molar-refractivity contribution in [1.82, 2.24) is 15.1 Å². The fourth-order valence-electron chi connectivity index (χ4n) is 4.28. The first-order valence-electron chi connectivity index (χ1n) is 9.60. The van der Waals surface area contributed by atoms with Gasteiger partial charge in [-0.2, -0.15) is 0 Å². The molecule has 6 nitrogen and oxygen atoms in total. The van der Waals surface area contributed by atoms with Gasteiger partial charge in [0.05, 0.1) is 12.6 Å². The van der Waals surface area contributed by atoms with Gasteiger partial charge in [-0.15, -0.1) is 0 Å². The molecule has 3 rings (SSSR count). The van der Waals surface area contributed by atoms with Crippen LogP contribution in [0.15, 0.2) is 0 Å². The summed E-state index contributed by atoms with van der Waals surface area (Å²) >= 11 is 0. The third-order valence-electron chi connectivity index (χ3n) is 5.74. The third kappa shape index (κ3) is 4.70. The molecule has 2 heterocycles. The Morgan fingerprint density at radius 1 is 0.958 bits per heavy atom. The quantitative estimate of drug-likeness (QED) is 0.794. The summed E-state index contributed by atoms with van der Waals surface area (Å²) in [5, 5.41) is 12.6. The normalized spacial score (nSPS) is 27.4. The number of hydrogen-bond donors (Lipinski definition) is 2. The van der Waals surface area contributed by atoms with E-state index in [2.05, 4.69) is 5.32 Å². The zero-order valence-corrected chi connectivity index (χ0v) is 14.6.